The zero-order chi connectivity index (χ0) is 13.3. The quantitative estimate of drug-likeness (QED) is 0.860. The van der Waals surface area contributed by atoms with E-state index in [-0.39, 0.29) is 11.4 Å². The molecule has 0 aromatic carbocycles. The van der Waals surface area contributed by atoms with E-state index in [0.717, 1.165) is 24.6 Å². The molecule has 1 aromatic heterocycles. The Hall–Kier alpha value is -0.980. The van der Waals surface area contributed by atoms with E-state index >= 15 is 0 Å². The summed E-state index contributed by atoms with van der Waals surface area (Å²) in [5, 5.41) is 2.61. The van der Waals surface area contributed by atoms with Crippen molar-refractivity contribution in [1.29, 1.82) is 0 Å². The second-order valence-corrected chi connectivity index (χ2v) is 6.23. The topological polar surface area (TPSA) is 62.5 Å². The Morgan fingerprint density at radius 2 is 2.28 bits per heavy atom. The van der Waals surface area contributed by atoms with Crippen LogP contribution in [0.2, 0.25) is 0 Å². The predicted octanol–water partition coefficient (Wildman–Crippen LogP) is 0.768. The molecule has 2 rings (SSSR count). The molecule has 0 atom stereocenters. The number of carbonyl (C=O) groups is 1. The average molecular weight is 268 g/mol. The summed E-state index contributed by atoms with van der Waals surface area (Å²) in [5.74, 6) is 0.0205. The van der Waals surface area contributed by atoms with E-state index in [4.69, 9.17) is 5.73 Å². The number of nitrogens with two attached hydrogens (primary N) is 1. The summed E-state index contributed by atoms with van der Waals surface area (Å²) in [6, 6.07) is 0. The van der Waals surface area contributed by atoms with Crippen LogP contribution in [0.3, 0.4) is 0 Å². The van der Waals surface area contributed by atoms with Gasteiger partial charge in [0.2, 0.25) is 0 Å². The first-order chi connectivity index (χ1) is 8.44. The van der Waals surface area contributed by atoms with Crippen molar-refractivity contribution >= 4 is 17.2 Å². The largest absolute Gasteiger partial charge is 0.334 e. The van der Waals surface area contributed by atoms with Crippen LogP contribution in [-0.2, 0) is 6.54 Å². The van der Waals surface area contributed by atoms with Gasteiger partial charge in [0.25, 0.3) is 5.91 Å². The zero-order valence-electron chi connectivity index (χ0n) is 11.1. The summed E-state index contributed by atoms with van der Waals surface area (Å²) in [5.41, 5.74) is 6.06. The highest BCUT2D eigenvalue weighted by Crippen LogP contribution is 2.21. The van der Waals surface area contributed by atoms with E-state index in [0.29, 0.717) is 12.2 Å². The number of likely N-dealkylation sites (N-methyl/N-ethyl adjacent to an activating group) is 1. The fraction of sp³-hybridized carbons (Fsp3) is 0.667. The first kappa shape index (κ1) is 13.5. The third kappa shape index (κ3) is 2.55. The summed E-state index contributed by atoms with van der Waals surface area (Å²) in [4.78, 5) is 20.8. The molecule has 2 N–H and O–H groups in total. The van der Waals surface area contributed by atoms with Gasteiger partial charge in [-0.2, -0.15) is 0 Å². The molecule has 0 bridgehead atoms. The first-order valence-electron chi connectivity index (χ1n) is 6.09. The molecule has 1 aliphatic heterocycles. The molecule has 0 spiro atoms. The number of nitrogens with zero attached hydrogens (tertiary/aromatic N) is 3. The van der Waals surface area contributed by atoms with Gasteiger partial charge in [-0.1, -0.05) is 0 Å². The third-order valence-electron chi connectivity index (χ3n) is 3.55. The van der Waals surface area contributed by atoms with Gasteiger partial charge in [-0.15, -0.1) is 11.3 Å². The Balaban J connectivity index is 2.10. The van der Waals surface area contributed by atoms with Gasteiger partial charge in [0.15, 0.2) is 0 Å². The van der Waals surface area contributed by atoms with Gasteiger partial charge >= 0.3 is 0 Å². The number of thiazole rings is 1. The van der Waals surface area contributed by atoms with Gasteiger partial charge in [-0.3, -0.25) is 9.69 Å². The van der Waals surface area contributed by atoms with E-state index in [1.165, 1.54) is 11.3 Å². The molecule has 0 saturated carbocycles. The maximum Gasteiger partial charge on any atom is 0.273 e. The number of aromatic nitrogens is 1. The first-order valence-corrected chi connectivity index (χ1v) is 6.97. The van der Waals surface area contributed by atoms with Crippen molar-refractivity contribution in [2.45, 2.75) is 25.9 Å². The summed E-state index contributed by atoms with van der Waals surface area (Å²) in [6.07, 6.45) is 0. The molecule has 1 fully saturated rings. The van der Waals surface area contributed by atoms with Crippen molar-refractivity contribution in [3.05, 3.63) is 16.1 Å². The lowest BCUT2D eigenvalue weighted by molar-refractivity contribution is 0.0307. The van der Waals surface area contributed by atoms with E-state index in [2.05, 4.69) is 30.8 Å². The standard InChI is InChI=1S/C12H20N4OS/c1-12(2)8-16(5-4-15(12)3)11(17)9-7-18-10(6-13)14-9/h7H,4-6,8,13H2,1-3H3. The van der Waals surface area contributed by atoms with Gasteiger partial charge in [0.05, 0.1) is 0 Å². The molecule has 18 heavy (non-hydrogen) atoms. The molecule has 0 radical (unpaired) electrons. The van der Waals surface area contributed by atoms with Crippen LogP contribution in [0.4, 0.5) is 0 Å². The minimum Gasteiger partial charge on any atom is -0.334 e. The minimum absolute atomic E-state index is 0.0145. The molecule has 1 amide bonds. The molecule has 0 unspecified atom stereocenters. The van der Waals surface area contributed by atoms with Crippen LogP contribution in [-0.4, -0.2) is 52.9 Å². The molecule has 5 nitrogen and oxygen atoms in total. The zero-order valence-corrected chi connectivity index (χ0v) is 12.0. The van der Waals surface area contributed by atoms with Gasteiger partial charge < -0.3 is 10.6 Å². The highest BCUT2D eigenvalue weighted by molar-refractivity contribution is 7.09. The smallest absolute Gasteiger partial charge is 0.273 e. The van der Waals surface area contributed by atoms with Crippen molar-refractivity contribution in [2.24, 2.45) is 5.73 Å². The number of hydrogen-bond acceptors (Lipinski definition) is 5. The third-order valence-corrected chi connectivity index (χ3v) is 4.42. The summed E-state index contributed by atoms with van der Waals surface area (Å²) in [6.45, 7) is 7.09. The summed E-state index contributed by atoms with van der Waals surface area (Å²) >= 11 is 1.45. The van der Waals surface area contributed by atoms with Crippen LogP contribution in [0, 0.1) is 0 Å². The highest BCUT2D eigenvalue weighted by Gasteiger charge is 2.34. The average Bonchev–Trinajstić information content (AvgIpc) is 2.80. The van der Waals surface area contributed by atoms with Crippen LogP contribution in [0.1, 0.15) is 29.3 Å². The van der Waals surface area contributed by atoms with Gasteiger partial charge in [0.1, 0.15) is 10.7 Å². The van der Waals surface area contributed by atoms with Crippen molar-refractivity contribution in [3.8, 4) is 0 Å². The lowest BCUT2D eigenvalue weighted by Gasteiger charge is -2.45. The van der Waals surface area contributed by atoms with Crippen LogP contribution >= 0.6 is 11.3 Å². The highest BCUT2D eigenvalue weighted by atomic mass is 32.1. The molecule has 0 aliphatic carbocycles. The van der Waals surface area contributed by atoms with Crippen LogP contribution in [0.15, 0.2) is 5.38 Å². The Kier molecular flexibility index (Phi) is 3.70. The lowest BCUT2D eigenvalue weighted by Crippen LogP contribution is -2.58. The van der Waals surface area contributed by atoms with Crippen molar-refractivity contribution < 1.29 is 4.79 Å². The Morgan fingerprint density at radius 3 is 2.83 bits per heavy atom. The number of amides is 1. The fourth-order valence-electron chi connectivity index (χ4n) is 2.08. The second-order valence-electron chi connectivity index (χ2n) is 5.29. The van der Waals surface area contributed by atoms with Crippen molar-refractivity contribution in [1.82, 2.24) is 14.8 Å². The second kappa shape index (κ2) is 4.95. The van der Waals surface area contributed by atoms with Gasteiger partial charge in [0, 0.05) is 37.1 Å². The minimum atomic E-state index is 0.0145. The fourth-order valence-corrected chi connectivity index (χ4v) is 2.73. The molecule has 1 aromatic rings. The summed E-state index contributed by atoms with van der Waals surface area (Å²) in [7, 11) is 2.09. The van der Waals surface area contributed by atoms with Gasteiger partial charge in [-0.25, -0.2) is 4.98 Å². The van der Waals surface area contributed by atoms with E-state index < -0.39 is 0 Å². The molecule has 6 heteroatoms. The van der Waals surface area contributed by atoms with Crippen LogP contribution in [0.5, 0.6) is 0 Å². The van der Waals surface area contributed by atoms with Crippen molar-refractivity contribution in [2.75, 3.05) is 26.7 Å². The molecule has 100 valence electrons. The van der Waals surface area contributed by atoms with E-state index in [1.807, 2.05) is 4.90 Å². The lowest BCUT2D eigenvalue weighted by atomic mass is 9.99. The molecule has 2 heterocycles. The molecule has 1 aliphatic rings. The Bertz CT molecular complexity index is 443. The molecular formula is C12H20N4OS. The van der Waals surface area contributed by atoms with E-state index in [1.54, 1.807) is 5.38 Å². The SMILES string of the molecule is CN1CCN(C(=O)c2csc(CN)n2)CC1(C)C. The van der Waals surface area contributed by atoms with E-state index in [9.17, 15) is 4.79 Å². The van der Waals surface area contributed by atoms with Gasteiger partial charge in [-0.05, 0) is 20.9 Å². The normalized spacial score (nSPS) is 20.1. The Morgan fingerprint density at radius 1 is 1.56 bits per heavy atom. The maximum absolute atomic E-state index is 12.3. The predicted molar refractivity (Wildman–Crippen MR) is 72.6 cm³/mol. The number of piperazine rings is 1. The molecule has 1 saturated heterocycles. The summed E-state index contributed by atoms with van der Waals surface area (Å²) < 4.78 is 0. The Labute approximate surface area is 112 Å². The number of carbonyl (C=O) groups excluding carboxylic acids is 1. The van der Waals surface area contributed by atoms with Crippen LogP contribution in [0.25, 0.3) is 0 Å². The monoisotopic (exact) mass is 268 g/mol. The molecular weight excluding hydrogens is 248 g/mol. The number of rotatable bonds is 2. The maximum atomic E-state index is 12.3. The number of hydrogen-bond donors (Lipinski definition) is 1. The van der Waals surface area contributed by atoms with Crippen LogP contribution < -0.4 is 5.73 Å². The van der Waals surface area contributed by atoms with Crippen molar-refractivity contribution in [3.63, 3.8) is 0 Å².